The topological polar surface area (TPSA) is 0 Å². The van der Waals surface area contributed by atoms with Crippen LogP contribution in [-0.4, -0.2) is 20.6 Å². The first kappa shape index (κ1) is 10.9. The van der Waals surface area contributed by atoms with Crippen molar-refractivity contribution in [1.82, 2.24) is 0 Å². The van der Waals surface area contributed by atoms with E-state index in [0.29, 0.717) is 20.4 Å². The Kier molecular flexibility index (Phi) is 3.21. The lowest BCUT2D eigenvalue weighted by atomic mass is 10.0. The highest BCUT2D eigenvalue weighted by Crippen LogP contribution is 2.45. The second-order valence-corrected chi connectivity index (χ2v) is 9.00. The fraction of sp³-hybridized carbons (Fsp3) is 1.00. The van der Waals surface area contributed by atoms with Crippen molar-refractivity contribution in [3.05, 3.63) is 0 Å². The largest absolute Gasteiger partial charge is 0.123 e. The fourth-order valence-corrected chi connectivity index (χ4v) is 6.65. The minimum absolute atomic E-state index is 0.595. The molecular formula is C10H20BrS+. The van der Waals surface area contributed by atoms with Gasteiger partial charge in [0.2, 0.25) is 0 Å². The molecule has 1 aliphatic rings. The molecule has 0 aromatic heterocycles. The van der Waals surface area contributed by atoms with E-state index in [4.69, 9.17) is 0 Å². The Labute approximate surface area is 88.0 Å². The van der Waals surface area contributed by atoms with Crippen LogP contribution in [0.25, 0.3) is 0 Å². The van der Waals surface area contributed by atoms with Crippen LogP contribution < -0.4 is 0 Å². The van der Waals surface area contributed by atoms with E-state index in [0.717, 1.165) is 0 Å². The minimum Gasteiger partial charge on any atom is -0.0877 e. The molecule has 1 fully saturated rings. The summed E-state index contributed by atoms with van der Waals surface area (Å²) in [6.45, 7) is 9.75. The van der Waals surface area contributed by atoms with E-state index in [1.54, 1.807) is 0 Å². The van der Waals surface area contributed by atoms with Gasteiger partial charge in [0.1, 0.15) is 15.2 Å². The van der Waals surface area contributed by atoms with E-state index >= 15 is 0 Å². The summed E-state index contributed by atoms with van der Waals surface area (Å²) < 4.78 is 1.19. The van der Waals surface area contributed by atoms with Gasteiger partial charge in [-0.25, -0.2) is 0 Å². The Balaban J connectivity index is 2.74. The smallest absolute Gasteiger partial charge is 0.0877 e. The van der Waals surface area contributed by atoms with Gasteiger partial charge in [0.25, 0.3) is 0 Å². The maximum atomic E-state index is 3.57. The van der Waals surface area contributed by atoms with Crippen molar-refractivity contribution in [1.29, 1.82) is 0 Å². The van der Waals surface area contributed by atoms with Crippen LogP contribution in [0.2, 0.25) is 0 Å². The minimum atomic E-state index is 0.595. The van der Waals surface area contributed by atoms with Crippen LogP contribution in [-0.2, 0) is 10.9 Å². The van der Waals surface area contributed by atoms with Crippen molar-refractivity contribution in [2.45, 2.75) is 50.0 Å². The van der Waals surface area contributed by atoms with E-state index in [2.05, 4.69) is 43.6 Å². The number of halogens is 1. The first-order valence-electron chi connectivity index (χ1n) is 4.67. The Hall–Kier alpha value is 0.830. The van der Waals surface area contributed by atoms with Crippen LogP contribution >= 0.6 is 15.9 Å². The first-order chi connectivity index (χ1) is 5.40. The maximum absolute atomic E-state index is 3.57. The van der Waals surface area contributed by atoms with Gasteiger partial charge >= 0.3 is 0 Å². The molecule has 0 atom stereocenters. The van der Waals surface area contributed by atoms with E-state index in [-0.39, 0.29) is 0 Å². The van der Waals surface area contributed by atoms with Gasteiger partial charge in [0.15, 0.2) is 0 Å². The van der Waals surface area contributed by atoms with Crippen LogP contribution in [0.3, 0.4) is 0 Å². The van der Waals surface area contributed by atoms with E-state index in [1.165, 1.54) is 23.9 Å². The highest BCUT2D eigenvalue weighted by atomic mass is 79.9. The average Bonchev–Trinajstić information content (AvgIpc) is 2.13. The zero-order chi connectivity index (χ0) is 9.41. The summed E-state index contributed by atoms with van der Waals surface area (Å²) in [5.74, 6) is 1.36. The predicted molar refractivity (Wildman–Crippen MR) is 63.4 cm³/mol. The first-order valence-corrected chi connectivity index (χ1v) is 7.19. The molecular weight excluding hydrogens is 232 g/mol. The second-order valence-electron chi connectivity index (χ2n) is 4.80. The zero-order valence-electron chi connectivity index (χ0n) is 8.61. The summed E-state index contributed by atoms with van der Waals surface area (Å²) >= 11 is 3.57. The van der Waals surface area contributed by atoms with Crippen molar-refractivity contribution in [3.8, 4) is 0 Å². The quantitative estimate of drug-likeness (QED) is 0.522. The molecule has 0 aromatic carbocycles. The Morgan fingerprint density at radius 2 is 1.50 bits per heavy atom. The molecule has 0 radical (unpaired) electrons. The molecule has 1 saturated heterocycles. The highest BCUT2D eigenvalue weighted by Gasteiger charge is 2.55. The normalized spacial score (nSPS) is 27.8. The number of rotatable bonds is 2. The third-order valence-electron chi connectivity index (χ3n) is 2.94. The van der Waals surface area contributed by atoms with Gasteiger partial charge in [-0.3, -0.25) is 0 Å². The van der Waals surface area contributed by atoms with Crippen LogP contribution in [0, 0.1) is 0 Å². The fourth-order valence-electron chi connectivity index (χ4n) is 2.23. The van der Waals surface area contributed by atoms with Crippen molar-refractivity contribution < 1.29 is 0 Å². The summed E-state index contributed by atoms with van der Waals surface area (Å²) in [5.41, 5.74) is 0. The van der Waals surface area contributed by atoms with Crippen molar-refractivity contribution in [2.75, 3.05) is 11.1 Å². The molecule has 0 nitrogen and oxygen atoms in total. The van der Waals surface area contributed by atoms with Gasteiger partial charge in [0.05, 0.1) is 0 Å². The molecule has 12 heavy (non-hydrogen) atoms. The summed E-state index contributed by atoms with van der Waals surface area (Å²) in [6, 6.07) is 0. The molecule has 72 valence electrons. The molecule has 1 heterocycles. The van der Waals surface area contributed by atoms with Gasteiger partial charge in [-0.15, -0.1) is 0 Å². The third-order valence-corrected chi connectivity index (χ3v) is 7.55. The zero-order valence-corrected chi connectivity index (χ0v) is 11.0. The number of hydrogen-bond donors (Lipinski definition) is 0. The van der Waals surface area contributed by atoms with Crippen molar-refractivity contribution in [3.63, 3.8) is 0 Å². The van der Waals surface area contributed by atoms with Crippen LogP contribution in [0.4, 0.5) is 0 Å². The average molecular weight is 252 g/mol. The van der Waals surface area contributed by atoms with Crippen LogP contribution in [0.5, 0.6) is 0 Å². The Morgan fingerprint density at radius 3 is 1.83 bits per heavy atom. The van der Waals surface area contributed by atoms with E-state index < -0.39 is 0 Å². The van der Waals surface area contributed by atoms with Crippen LogP contribution in [0.15, 0.2) is 0 Å². The molecule has 0 bridgehead atoms. The van der Waals surface area contributed by atoms with Crippen molar-refractivity contribution >= 4 is 26.8 Å². The Bertz CT molecular complexity index is 147. The van der Waals surface area contributed by atoms with Gasteiger partial charge in [-0.2, -0.15) is 0 Å². The lowest BCUT2D eigenvalue weighted by Gasteiger charge is -2.25. The molecule has 0 saturated carbocycles. The number of hydrogen-bond acceptors (Lipinski definition) is 0. The second kappa shape index (κ2) is 3.53. The number of alkyl halides is 1. The van der Waals surface area contributed by atoms with Crippen molar-refractivity contribution in [2.24, 2.45) is 0 Å². The highest BCUT2D eigenvalue weighted by molar-refractivity contribution is 9.09. The lowest BCUT2D eigenvalue weighted by molar-refractivity contribution is 0.591. The molecule has 2 heteroatoms. The third kappa shape index (κ3) is 2.01. The molecule has 0 amide bonds. The monoisotopic (exact) mass is 251 g/mol. The van der Waals surface area contributed by atoms with E-state index in [9.17, 15) is 0 Å². The predicted octanol–water partition coefficient (Wildman–Crippen LogP) is 3.35. The molecule has 0 N–H and O–H groups in total. The molecule has 0 spiro atoms. The van der Waals surface area contributed by atoms with Crippen LogP contribution in [0.1, 0.15) is 40.5 Å². The van der Waals surface area contributed by atoms with Gasteiger partial charge < -0.3 is 0 Å². The van der Waals surface area contributed by atoms with Gasteiger partial charge in [-0.05, 0) is 38.6 Å². The summed E-state index contributed by atoms with van der Waals surface area (Å²) in [6.07, 6.45) is 2.83. The molecule has 1 rings (SSSR count). The Morgan fingerprint density at radius 1 is 1.08 bits per heavy atom. The lowest BCUT2D eigenvalue weighted by Crippen LogP contribution is -2.39. The molecule has 1 aliphatic heterocycles. The molecule has 0 aliphatic carbocycles. The maximum Gasteiger partial charge on any atom is 0.123 e. The standard InChI is InChI=1S/C10H20BrS/c1-9(2)5-6-10(3,4)12(9)8-7-11/h5-8H2,1-4H3/q+1. The summed E-state index contributed by atoms with van der Waals surface area (Å²) in [4.78, 5) is 0. The summed E-state index contributed by atoms with van der Waals surface area (Å²) in [5, 5.41) is 1.17. The summed E-state index contributed by atoms with van der Waals surface area (Å²) in [7, 11) is 0.605. The SMILES string of the molecule is CC1(C)CCC(C)(C)[S+]1CCBr. The van der Waals surface area contributed by atoms with Gasteiger partial charge in [-0.1, -0.05) is 15.9 Å². The van der Waals surface area contributed by atoms with Gasteiger partial charge in [0, 0.05) is 18.2 Å². The van der Waals surface area contributed by atoms with E-state index in [1.807, 2.05) is 0 Å². The molecule has 0 unspecified atom stereocenters. The molecule has 0 aromatic rings.